The van der Waals surface area contributed by atoms with E-state index in [2.05, 4.69) is 10.3 Å². The highest BCUT2D eigenvalue weighted by Gasteiger charge is 2.41. The van der Waals surface area contributed by atoms with Crippen molar-refractivity contribution in [2.45, 2.75) is 45.1 Å². The predicted octanol–water partition coefficient (Wildman–Crippen LogP) is 0.870. The first-order chi connectivity index (χ1) is 10.0. The van der Waals surface area contributed by atoms with E-state index in [1.54, 1.807) is 11.1 Å². The molecule has 2 rings (SSSR count). The minimum Gasteiger partial charge on any atom is -0.342 e. The standard InChI is InChI=1S/C15H24N4O2/c1-4-15(5-2)14(21)19(10-7-13(20)17-15)9-6-12-16-8-11-18(12)3/h8,11H,4-7,9-10H2,1-3H3,(H,17,20). The molecular formula is C15H24N4O2. The summed E-state index contributed by atoms with van der Waals surface area (Å²) < 4.78 is 1.96. The van der Waals surface area contributed by atoms with Crippen LogP contribution in [0, 0.1) is 0 Å². The Bertz CT molecular complexity index is 519. The topological polar surface area (TPSA) is 67.2 Å². The van der Waals surface area contributed by atoms with Crippen LogP contribution in [0.5, 0.6) is 0 Å². The number of imidazole rings is 1. The first-order valence-electron chi connectivity index (χ1n) is 7.59. The van der Waals surface area contributed by atoms with Gasteiger partial charge in [0.25, 0.3) is 0 Å². The van der Waals surface area contributed by atoms with Crippen LogP contribution in [0.1, 0.15) is 38.9 Å². The number of hydrogen-bond donors (Lipinski definition) is 1. The molecule has 1 N–H and O–H groups in total. The van der Waals surface area contributed by atoms with Crippen LogP contribution in [0.15, 0.2) is 12.4 Å². The monoisotopic (exact) mass is 292 g/mol. The van der Waals surface area contributed by atoms with Crippen LogP contribution in [0.2, 0.25) is 0 Å². The van der Waals surface area contributed by atoms with Crippen molar-refractivity contribution in [3.8, 4) is 0 Å². The summed E-state index contributed by atoms with van der Waals surface area (Å²) >= 11 is 0. The summed E-state index contributed by atoms with van der Waals surface area (Å²) in [4.78, 5) is 30.8. The molecule has 1 saturated heterocycles. The highest BCUT2D eigenvalue weighted by atomic mass is 16.2. The first kappa shape index (κ1) is 15.5. The van der Waals surface area contributed by atoms with E-state index in [1.165, 1.54) is 0 Å². The molecule has 0 atom stereocenters. The Labute approximate surface area is 125 Å². The number of aromatic nitrogens is 2. The Balaban J connectivity index is 2.12. The lowest BCUT2D eigenvalue weighted by Crippen LogP contribution is -2.56. The van der Waals surface area contributed by atoms with Gasteiger partial charge < -0.3 is 14.8 Å². The molecule has 1 aromatic rings. The van der Waals surface area contributed by atoms with Crippen LogP contribution in [-0.4, -0.2) is 44.9 Å². The molecule has 116 valence electrons. The fourth-order valence-electron chi connectivity index (χ4n) is 2.84. The van der Waals surface area contributed by atoms with Crippen molar-refractivity contribution in [2.24, 2.45) is 7.05 Å². The average molecular weight is 292 g/mol. The van der Waals surface area contributed by atoms with Crippen molar-refractivity contribution in [3.05, 3.63) is 18.2 Å². The van der Waals surface area contributed by atoms with Crippen LogP contribution >= 0.6 is 0 Å². The molecule has 0 saturated carbocycles. The van der Waals surface area contributed by atoms with Crippen LogP contribution < -0.4 is 5.32 Å². The second-order valence-electron chi connectivity index (χ2n) is 5.58. The summed E-state index contributed by atoms with van der Waals surface area (Å²) in [7, 11) is 1.94. The molecule has 1 aromatic heterocycles. The summed E-state index contributed by atoms with van der Waals surface area (Å²) in [6, 6.07) is 0. The average Bonchev–Trinajstić information content (AvgIpc) is 2.84. The van der Waals surface area contributed by atoms with E-state index in [0.717, 1.165) is 5.82 Å². The van der Waals surface area contributed by atoms with Crippen LogP contribution in [0.25, 0.3) is 0 Å². The van der Waals surface area contributed by atoms with Crippen molar-refractivity contribution in [3.63, 3.8) is 0 Å². The number of amides is 2. The van der Waals surface area contributed by atoms with E-state index in [1.807, 2.05) is 31.7 Å². The van der Waals surface area contributed by atoms with Crippen LogP contribution in [0.3, 0.4) is 0 Å². The highest BCUT2D eigenvalue weighted by Crippen LogP contribution is 2.22. The van der Waals surface area contributed by atoms with E-state index in [-0.39, 0.29) is 11.8 Å². The van der Waals surface area contributed by atoms with Gasteiger partial charge in [0, 0.05) is 45.4 Å². The van der Waals surface area contributed by atoms with Gasteiger partial charge in [0.15, 0.2) is 0 Å². The number of rotatable bonds is 5. The minimum absolute atomic E-state index is 0.0348. The normalized spacial score (nSPS) is 18.5. The zero-order valence-corrected chi connectivity index (χ0v) is 13.1. The van der Waals surface area contributed by atoms with Gasteiger partial charge in [-0.3, -0.25) is 9.59 Å². The van der Waals surface area contributed by atoms with Gasteiger partial charge in [0.05, 0.1) is 0 Å². The lowest BCUT2D eigenvalue weighted by molar-refractivity contribution is -0.139. The van der Waals surface area contributed by atoms with Crippen molar-refractivity contribution in [1.29, 1.82) is 0 Å². The third kappa shape index (κ3) is 3.09. The summed E-state index contributed by atoms with van der Waals surface area (Å²) in [5.41, 5.74) is -0.741. The van der Waals surface area contributed by atoms with Gasteiger partial charge in [0.1, 0.15) is 11.4 Å². The summed E-state index contributed by atoms with van der Waals surface area (Å²) in [5, 5.41) is 2.93. The molecule has 1 fully saturated rings. The smallest absolute Gasteiger partial charge is 0.248 e. The van der Waals surface area contributed by atoms with Crippen LogP contribution in [0.4, 0.5) is 0 Å². The van der Waals surface area contributed by atoms with Crippen molar-refractivity contribution in [1.82, 2.24) is 19.8 Å². The first-order valence-corrected chi connectivity index (χ1v) is 7.59. The zero-order chi connectivity index (χ0) is 15.5. The molecule has 2 heterocycles. The minimum atomic E-state index is -0.741. The largest absolute Gasteiger partial charge is 0.342 e. The third-order valence-corrected chi connectivity index (χ3v) is 4.42. The van der Waals surface area contributed by atoms with Crippen molar-refractivity contribution >= 4 is 11.8 Å². The van der Waals surface area contributed by atoms with Gasteiger partial charge in [-0.05, 0) is 12.8 Å². The number of hydrogen-bond acceptors (Lipinski definition) is 3. The Kier molecular flexibility index (Phi) is 4.65. The van der Waals surface area contributed by atoms with Crippen LogP contribution in [-0.2, 0) is 23.1 Å². The van der Waals surface area contributed by atoms with Gasteiger partial charge in [-0.1, -0.05) is 13.8 Å². The maximum atomic E-state index is 12.8. The lowest BCUT2D eigenvalue weighted by atomic mass is 9.91. The maximum absolute atomic E-state index is 12.8. The Morgan fingerprint density at radius 1 is 1.33 bits per heavy atom. The molecular weight excluding hydrogens is 268 g/mol. The third-order valence-electron chi connectivity index (χ3n) is 4.42. The summed E-state index contributed by atoms with van der Waals surface area (Å²) in [5.74, 6) is 0.948. The molecule has 6 heteroatoms. The number of nitrogens with one attached hydrogen (secondary N) is 1. The van der Waals surface area contributed by atoms with E-state index in [9.17, 15) is 9.59 Å². The Morgan fingerprint density at radius 3 is 2.62 bits per heavy atom. The molecule has 21 heavy (non-hydrogen) atoms. The zero-order valence-electron chi connectivity index (χ0n) is 13.1. The van der Waals surface area contributed by atoms with E-state index in [4.69, 9.17) is 0 Å². The Hall–Kier alpha value is -1.85. The highest BCUT2D eigenvalue weighted by molar-refractivity contribution is 5.93. The Morgan fingerprint density at radius 2 is 2.05 bits per heavy atom. The second-order valence-corrected chi connectivity index (χ2v) is 5.58. The molecule has 1 aliphatic heterocycles. The van der Waals surface area contributed by atoms with Gasteiger partial charge in [-0.25, -0.2) is 4.98 Å². The van der Waals surface area contributed by atoms with Gasteiger partial charge >= 0.3 is 0 Å². The molecule has 0 bridgehead atoms. The van der Waals surface area contributed by atoms with Crippen molar-refractivity contribution in [2.75, 3.05) is 13.1 Å². The molecule has 0 aromatic carbocycles. The quantitative estimate of drug-likeness (QED) is 0.875. The number of carbonyl (C=O) groups is 2. The lowest BCUT2D eigenvalue weighted by Gasteiger charge is -2.33. The van der Waals surface area contributed by atoms with Crippen molar-refractivity contribution < 1.29 is 9.59 Å². The summed E-state index contributed by atoms with van der Waals surface area (Å²) in [6.07, 6.45) is 5.96. The fraction of sp³-hybridized carbons (Fsp3) is 0.667. The molecule has 6 nitrogen and oxygen atoms in total. The fourth-order valence-corrected chi connectivity index (χ4v) is 2.84. The van der Waals surface area contributed by atoms with Gasteiger partial charge in [0.2, 0.25) is 11.8 Å². The summed E-state index contributed by atoms with van der Waals surface area (Å²) in [6.45, 7) is 4.98. The number of aryl methyl sites for hydroxylation is 1. The molecule has 1 aliphatic rings. The molecule has 0 radical (unpaired) electrons. The number of nitrogens with zero attached hydrogens (tertiary/aromatic N) is 3. The van der Waals surface area contributed by atoms with Gasteiger partial charge in [-0.15, -0.1) is 0 Å². The second kappa shape index (κ2) is 6.28. The molecule has 0 spiro atoms. The molecule has 0 aliphatic carbocycles. The SMILES string of the molecule is CCC1(CC)NC(=O)CCN(CCc2nccn2C)C1=O. The predicted molar refractivity (Wildman–Crippen MR) is 79.6 cm³/mol. The van der Waals surface area contributed by atoms with E-state index in [0.29, 0.717) is 38.8 Å². The maximum Gasteiger partial charge on any atom is 0.248 e. The number of carbonyl (C=O) groups excluding carboxylic acids is 2. The van der Waals surface area contributed by atoms with E-state index < -0.39 is 5.54 Å². The molecule has 0 unspecified atom stereocenters. The van der Waals surface area contributed by atoms with E-state index >= 15 is 0 Å². The van der Waals surface area contributed by atoms with Gasteiger partial charge in [-0.2, -0.15) is 0 Å². The molecule has 2 amide bonds.